The van der Waals surface area contributed by atoms with Crippen LogP contribution in [0.5, 0.6) is 0 Å². The molecule has 1 aliphatic heterocycles. The van der Waals surface area contributed by atoms with E-state index in [2.05, 4.69) is 5.10 Å². The van der Waals surface area contributed by atoms with Crippen LogP contribution >= 0.6 is 0 Å². The third-order valence-corrected chi connectivity index (χ3v) is 2.84. The first-order chi connectivity index (χ1) is 7.70. The fraction of sp³-hybridized carbons (Fsp3) is 0.600. The molecule has 0 amide bonds. The van der Waals surface area contributed by atoms with Crippen molar-refractivity contribution in [3.8, 4) is 0 Å². The van der Waals surface area contributed by atoms with Crippen LogP contribution in [0.4, 0.5) is 0 Å². The molecule has 1 aromatic rings. The second-order valence-corrected chi connectivity index (χ2v) is 3.92. The zero-order valence-electron chi connectivity index (χ0n) is 9.11. The predicted molar refractivity (Wildman–Crippen MR) is 56.1 cm³/mol. The molecule has 2 heterocycles. The number of ether oxygens (including phenoxy) is 1. The molecule has 2 rings (SSSR count). The molecule has 1 N–H and O–H groups in total. The summed E-state index contributed by atoms with van der Waals surface area (Å²) in [6, 6.07) is 1.95. The highest BCUT2D eigenvalue weighted by Gasteiger charge is 2.35. The van der Waals surface area contributed by atoms with Crippen LogP contribution in [0.1, 0.15) is 6.04 Å². The molecule has 88 valence electrons. The van der Waals surface area contributed by atoms with Gasteiger partial charge in [0.2, 0.25) is 0 Å². The molecule has 1 saturated heterocycles. The van der Waals surface area contributed by atoms with Crippen molar-refractivity contribution >= 4 is 5.97 Å². The summed E-state index contributed by atoms with van der Waals surface area (Å²) in [4.78, 5) is 12.5. The minimum absolute atomic E-state index is 0.000694. The maximum atomic E-state index is 10.6. The zero-order valence-corrected chi connectivity index (χ0v) is 9.11. The number of likely N-dealkylation sites (tertiary alicyclic amines) is 1. The second kappa shape index (κ2) is 4.63. The molecule has 6 nitrogen and oxygen atoms in total. The van der Waals surface area contributed by atoms with E-state index in [1.807, 2.05) is 21.8 Å². The molecule has 0 spiro atoms. The molecule has 0 bridgehead atoms. The Bertz CT molecular complexity index is 352. The van der Waals surface area contributed by atoms with Crippen molar-refractivity contribution in [3.05, 3.63) is 18.5 Å². The lowest BCUT2D eigenvalue weighted by molar-refractivity contribution is -0.138. The van der Waals surface area contributed by atoms with Gasteiger partial charge >= 0.3 is 5.97 Å². The number of nitrogens with zero attached hydrogens (tertiary/aromatic N) is 3. The van der Waals surface area contributed by atoms with Gasteiger partial charge in [-0.1, -0.05) is 0 Å². The number of rotatable bonds is 4. The van der Waals surface area contributed by atoms with Gasteiger partial charge in [0.1, 0.15) is 0 Å². The van der Waals surface area contributed by atoms with E-state index >= 15 is 0 Å². The number of carboxylic acids is 1. The normalized spacial score (nSPS) is 26.1. The summed E-state index contributed by atoms with van der Waals surface area (Å²) in [6.07, 6.45) is 3.59. The summed E-state index contributed by atoms with van der Waals surface area (Å²) in [7, 11) is 1.64. The van der Waals surface area contributed by atoms with Gasteiger partial charge in [-0.25, -0.2) is 0 Å². The monoisotopic (exact) mass is 225 g/mol. The number of aromatic nitrogens is 2. The third kappa shape index (κ3) is 2.23. The zero-order chi connectivity index (χ0) is 11.5. The van der Waals surface area contributed by atoms with E-state index in [1.54, 1.807) is 13.3 Å². The van der Waals surface area contributed by atoms with Crippen LogP contribution in [0.15, 0.2) is 18.5 Å². The molecule has 1 aromatic heterocycles. The molecular formula is C10H15N3O3. The lowest BCUT2D eigenvalue weighted by Crippen LogP contribution is -2.28. The van der Waals surface area contributed by atoms with Crippen LogP contribution in [0, 0.1) is 0 Å². The first-order valence-electron chi connectivity index (χ1n) is 5.17. The van der Waals surface area contributed by atoms with E-state index in [4.69, 9.17) is 9.84 Å². The first-order valence-corrected chi connectivity index (χ1v) is 5.17. The van der Waals surface area contributed by atoms with Gasteiger partial charge in [-0.2, -0.15) is 5.10 Å². The van der Waals surface area contributed by atoms with E-state index < -0.39 is 5.97 Å². The Morgan fingerprint density at radius 2 is 2.44 bits per heavy atom. The summed E-state index contributed by atoms with van der Waals surface area (Å²) in [6.45, 7) is 1.34. The van der Waals surface area contributed by atoms with Crippen LogP contribution in [0.2, 0.25) is 0 Å². The summed E-state index contributed by atoms with van der Waals surface area (Å²) in [5.74, 6) is -0.809. The average Bonchev–Trinajstić information content (AvgIpc) is 2.83. The largest absolute Gasteiger partial charge is 0.480 e. The van der Waals surface area contributed by atoms with Crippen molar-refractivity contribution in [2.75, 3.05) is 26.7 Å². The molecule has 1 fully saturated rings. The van der Waals surface area contributed by atoms with Crippen LogP contribution in [-0.2, 0) is 9.53 Å². The highest BCUT2D eigenvalue weighted by Crippen LogP contribution is 2.23. The average molecular weight is 225 g/mol. The lowest BCUT2D eigenvalue weighted by atomic mass is 10.2. The Hall–Kier alpha value is -1.40. The second-order valence-electron chi connectivity index (χ2n) is 3.92. The maximum Gasteiger partial charge on any atom is 0.317 e. The molecule has 0 aromatic carbocycles. The van der Waals surface area contributed by atoms with Crippen molar-refractivity contribution in [3.63, 3.8) is 0 Å². The van der Waals surface area contributed by atoms with E-state index in [9.17, 15) is 4.79 Å². The SMILES string of the molecule is CO[C@H]1CN(CC(=O)O)C[C@@H]1n1cccn1. The number of carbonyl (C=O) groups is 1. The summed E-state index contributed by atoms with van der Waals surface area (Å²) in [5, 5.41) is 12.9. The van der Waals surface area contributed by atoms with Crippen LogP contribution in [0.3, 0.4) is 0 Å². The van der Waals surface area contributed by atoms with Crippen LogP contribution in [-0.4, -0.2) is 58.6 Å². The molecule has 0 saturated carbocycles. The van der Waals surface area contributed by atoms with Gasteiger partial charge < -0.3 is 9.84 Å². The number of hydrogen-bond acceptors (Lipinski definition) is 4. The smallest absolute Gasteiger partial charge is 0.317 e. The summed E-state index contributed by atoms with van der Waals surface area (Å²) >= 11 is 0. The Kier molecular flexibility index (Phi) is 3.21. The van der Waals surface area contributed by atoms with Crippen molar-refractivity contribution in [1.29, 1.82) is 0 Å². The Morgan fingerprint density at radius 1 is 1.62 bits per heavy atom. The van der Waals surface area contributed by atoms with Gasteiger partial charge in [0, 0.05) is 32.6 Å². The standard InChI is InChI=1S/C10H15N3O3/c1-16-9-6-12(7-10(14)15)5-8(9)13-4-2-3-11-13/h2-4,8-9H,5-7H2,1H3,(H,14,15)/t8-,9-/m0/s1. The van der Waals surface area contributed by atoms with Crippen LogP contribution < -0.4 is 0 Å². The summed E-state index contributed by atoms with van der Waals surface area (Å²) in [5.41, 5.74) is 0. The van der Waals surface area contributed by atoms with E-state index in [-0.39, 0.29) is 18.7 Å². The Labute approximate surface area is 93.4 Å². The molecule has 6 heteroatoms. The topological polar surface area (TPSA) is 67.6 Å². The molecule has 16 heavy (non-hydrogen) atoms. The number of hydrogen-bond donors (Lipinski definition) is 1. The highest BCUT2D eigenvalue weighted by atomic mass is 16.5. The maximum absolute atomic E-state index is 10.6. The molecular weight excluding hydrogens is 210 g/mol. The quantitative estimate of drug-likeness (QED) is 0.771. The minimum Gasteiger partial charge on any atom is -0.480 e. The summed E-state index contributed by atoms with van der Waals surface area (Å²) < 4.78 is 7.19. The molecule has 2 atom stereocenters. The fourth-order valence-electron chi connectivity index (χ4n) is 2.12. The van der Waals surface area contributed by atoms with Crippen LogP contribution in [0.25, 0.3) is 0 Å². The van der Waals surface area contributed by atoms with Crippen molar-refractivity contribution < 1.29 is 14.6 Å². The van der Waals surface area contributed by atoms with E-state index in [1.165, 1.54) is 0 Å². The number of carboxylic acid groups (broad SMARTS) is 1. The minimum atomic E-state index is -0.809. The van der Waals surface area contributed by atoms with Crippen molar-refractivity contribution in [2.24, 2.45) is 0 Å². The molecule has 0 radical (unpaired) electrons. The van der Waals surface area contributed by atoms with Gasteiger partial charge in [-0.3, -0.25) is 14.4 Å². The Morgan fingerprint density at radius 3 is 3.00 bits per heavy atom. The van der Waals surface area contributed by atoms with Crippen molar-refractivity contribution in [2.45, 2.75) is 12.1 Å². The lowest BCUT2D eigenvalue weighted by Gasteiger charge is -2.16. The fourth-order valence-corrected chi connectivity index (χ4v) is 2.12. The van der Waals surface area contributed by atoms with E-state index in [0.29, 0.717) is 13.1 Å². The predicted octanol–water partition coefficient (Wildman–Crippen LogP) is -0.161. The molecule has 0 aliphatic carbocycles. The molecule has 0 unspecified atom stereocenters. The van der Waals surface area contributed by atoms with Gasteiger partial charge in [0.25, 0.3) is 0 Å². The van der Waals surface area contributed by atoms with Gasteiger partial charge in [-0.05, 0) is 6.07 Å². The third-order valence-electron chi connectivity index (χ3n) is 2.84. The van der Waals surface area contributed by atoms with E-state index in [0.717, 1.165) is 0 Å². The van der Waals surface area contributed by atoms with Gasteiger partial charge in [-0.15, -0.1) is 0 Å². The first kappa shape index (κ1) is 11.1. The highest BCUT2D eigenvalue weighted by molar-refractivity contribution is 5.69. The number of aliphatic carboxylic acids is 1. The van der Waals surface area contributed by atoms with Gasteiger partial charge in [0.15, 0.2) is 0 Å². The molecule has 1 aliphatic rings. The Balaban J connectivity index is 2.05. The van der Waals surface area contributed by atoms with Crippen molar-refractivity contribution in [1.82, 2.24) is 14.7 Å². The number of methoxy groups -OCH3 is 1. The van der Waals surface area contributed by atoms with Gasteiger partial charge in [0.05, 0.1) is 18.7 Å².